The molecule has 0 unspecified atom stereocenters. The summed E-state index contributed by atoms with van der Waals surface area (Å²) in [5.41, 5.74) is 0. The first kappa shape index (κ1) is 6.42. The van der Waals surface area contributed by atoms with Crippen molar-refractivity contribution in [2.75, 3.05) is 5.75 Å². The lowest BCUT2D eigenvalue weighted by atomic mass is 10.7. The molecule has 48 valence electrons. The first-order chi connectivity index (χ1) is 4.43. The molecule has 1 rings (SSSR count). The smallest absolute Gasteiger partial charge is 0.0910 e. The van der Waals surface area contributed by atoms with Crippen LogP contribution in [-0.2, 0) is 0 Å². The number of nitrogens with zero attached hydrogens (tertiary/aromatic N) is 1. The lowest BCUT2D eigenvalue weighted by Crippen LogP contribution is -1.71. The molecule has 1 aromatic rings. The maximum Gasteiger partial charge on any atom is 0.0910 e. The van der Waals surface area contributed by atoms with Crippen LogP contribution in [0, 0.1) is 0 Å². The standard InChI is InChI=1S/C6H8N2S/c1-2-5-9-6-3-4-7-8-6/h2-4H,1,5H2,(H,7,8). The molecule has 1 aromatic heterocycles. The van der Waals surface area contributed by atoms with Gasteiger partial charge in [-0.1, -0.05) is 6.08 Å². The summed E-state index contributed by atoms with van der Waals surface area (Å²) in [7, 11) is 0. The second kappa shape index (κ2) is 3.35. The van der Waals surface area contributed by atoms with E-state index in [0.29, 0.717) is 0 Å². The summed E-state index contributed by atoms with van der Waals surface area (Å²) >= 11 is 1.69. The first-order valence-corrected chi connectivity index (χ1v) is 3.65. The minimum absolute atomic E-state index is 0.933. The number of hydrogen-bond acceptors (Lipinski definition) is 2. The van der Waals surface area contributed by atoms with Gasteiger partial charge in [0, 0.05) is 11.9 Å². The number of rotatable bonds is 3. The van der Waals surface area contributed by atoms with Crippen molar-refractivity contribution in [3.05, 3.63) is 24.9 Å². The van der Waals surface area contributed by atoms with Gasteiger partial charge in [-0.2, -0.15) is 5.10 Å². The van der Waals surface area contributed by atoms with Crippen LogP contribution in [0.2, 0.25) is 0 Å². The number of H-pyrrole nitrogens is 1. The summed E-state index contributed by atoms with van der Waals surface area (Å²) in [4.78, 5) is 0. The Morgan fingerprint density at radius 3 is 3.33 bits per heavy atom. The summed E-state index contributed by atoms with van der Waals surface area (Å²) in [5.74, 6) is 0.933. The molecule has 9 heavy (non-hydrogen) atoms. The third-order valence-electron chi connectivity index (χ3n) is 0.832. The lowest BCUT2D eigenvalue weighted by molar-refractivity contribution is 1.00. The second-order valence-corrected chi connectivity index (χ2v) is 2.58. The predicted molar refractivity (Wildman–Crippen MR) is 39.5 cm³/mol. The van der Waals surface area contributed by atoms with Gasteiger partial charge in [-0.25, -0.2) is 0 Å². The fourth-order valence-electron chi connectivity index (χ4n) is 0.472. The van der Waals surface area contributed by atoms with Crippen molar-refractivity contribution >= 4 is 11.8 Å². The van der Waals surface area contributed by atoms with Crippen LogP contribution in [0.5, 0.6) is 0 Å². The predicted octanol–water partition coefficient (Wildman–Crippen LogP) is 1.69. The Morgan fingerprint density at radius 1 is 1.89 bits per heavy atom. The molecule has 0 aliphatic rings. The minimum atomic E-state index is 0.933. The van der Waals surface area contributed by atoms with E-state index in [1.807, 2.05) is 12.1 Å². The van der Waals surface area contributed by atoms with Crippen molar-refractivity contribution in [3.63, 3.8) is 0 Å². The van der Waals surface area contributed by atoms with Crippen molar-refractivity contribution in [1.29, 1.82) is 0 Å². The third kappa shape index (κ3) is 1.93. The van der Waals surface area contributed by atoms with Gasteiger partial charge >= 0.3 is 0 Å². The summed E-state index contributed by atoms with van der Waals surface area (Å²) < 4.78 is 0. The van der Waals surface area contributed by atoms with Crippen LogP contribution >= 0.6 is 11.8 Å². The molecule has 3 heteroatoms. The molecular weight excluding hydrogens is 132 g/mol. The highest BCUT2D eigenvalue weighted by Crippen LogP contribution is 2.12. The van der Waals surface area contributed by atoms with Gasteiger partial charge in [-0.05, 0) is 6.07 Å². The monoisotopic (exact) mass is 140 g/mol. The van der Waals surface area contributed by atoms with Gasteiger partial charge in [-0.3, -0.25) is 5.10 Å². The molecule has 0 fully saturated rings. The van der Waals surface area contributed by atoms with Gasteiger partial charge in [0.05, 0.1) is 5.03 Å². The molecule has 1 heterocycles. The van der Waals surface area contributed by atoms with Crippen molar-refractivity contribution in [2.45, 2.75) is 5.03 Å². The molecule has 0 saturated carbocycles. The molecule has 0 aliphatic heterocycles. The van der Waals surface area contributed by atoms with E-state index < -0.39 is 0 Å². The zero-order valence-electron chi connectivity index (χ0n) is 5.00. The average Bonchev–Trinajstić information content (AvgIpc) is 2.34. The SMILES string of the molecule is C=CCSc1ccn[nH]1. The zero-order valence-corrected chi connectivity index (χ0v) is 5.82. The molecule has 0 spiro atoms. The average molecular weight is 140 g/mol. The Hall–Kier alpha value is -0.700. The molecule has 0 aromatic carbocycles. The minimum Gasteiger partial charge on any atom is -0.272 e. The number of nitrogens with one attached hydrogen (secondary N) is 1. The third-order valence-corrected chi connectivity index (χ3v) is 1.77. The van der Waals surface area contributed by atoms with Gasteiger partial charge in [0.25, 0.3) is 0 Å². The normalized spacial score (nSPS) is 9.33. The zero-order chi connectivity index (χ0) is 6.53. The Morgan fingerprint density at radius 2 is 2.78 bits per heavy atom. The van der Waals surface area contributed by atoms with Gasteiger partial charge in [0.15, 0.2) is 0 Å². The lowest BCUT2D eigenvalue weighted by Gasteiger charge is -1.87. The highest BCUT2D eigenvalue weighted by atomic mass is 32.2. The topological polar surface area (TPSA) is 28.7 Å². The highest BCUT2D eigenvalue weighted by molar-refractivity contribution is 7.99. The number of aromatic nitrogens is 2. The quantitative estimate of drug-likeness (QED) is 0.511. The molecule has 2 nitrogen and oxygen atoms in total. The summed E-state index contributed by atoms with van der Waals surface area (Å²) in [6.45, 7) is 3.60. The second-order valence-electron chi connectivity index (χ2n) is 1.52. The van der Waals surface area contributed by atoms with Crippen LogP contribution in [0.3, 0.4) is 0 Å². The highest BCUT2D eigenvalue weighted by Gasteiger charge is 1.88. The van der Waals surface area contributed by atoms with Crippen LogP contribution in [0.4, 0.5) is 0 Å². The molecule has 0 bridgehead atoms. The maximum atomic E-state index is 3.79. The van der Waals surface area contributed by atoms with E-state index in [0.717, 1.165) is 10.8 Å². The molecule has 0 atom stereocenters. The van der Waals surface area contributed by atoms with Gasteiger partial charge in [0.1, 0.15) is 0 Å². The van der Waals surface area contributed by atoms with E-state index >= 15 is 0 Å². The largest absolute Gasteiger partial charge is 0.272 e. The summed E-state index contributed by atoms with van der Waals surface area (Å²) in [5, 5.41) is 7.72. The molecule has 0 radical (unpaired) electrons. The number of thioether (sulfide) groups is 1. The van der Waals surface area contributed by atoms with Gasteiger partial charge in [-0.15, -0.1) is 18.3 Å². The Balaban J connectivity index is 2.38. The fraction of sp³-hybridized carbons (Fsp3) is 0.167. The maximum absolute atomic E-state index is 3.79. The van der Waals surface area contributed by atoms with E-state index in [2.05, 4.69) is 16.8 Å². The van der Waals surface area contributed by atoms with Crippen LogP contribution < -0.4 is 0 Å². The number of hydrogen-bond donors (Lipinski definition) is 1. The van der Waals surface area contributed by atoms with Crippen LogP contribution in [-0.4, -0.2) is 16.0 Å². The molecule has 0 amide bonds. The Kier molecular flexibility index (Phi) is 2.39. The van der Waals surface area contributed by atoms with E-state index in [-0.39, 0.29) is 0 Å². The van der Waals surface area contributed by atoms with Gasteiger partial charge < -0.3 is 0 Å². The molecular formula is C6H8N2S. The molecule has 0 aliphatic carbocycles. The first-order valence-electron chi connectivity index (χ1n) is 2.66. The summed E-state index contributed by atoms with van der Waals surface area (Å²) in [6.07, 6.45) is 3.61. The van der Waals surface area contributed by atoms with Crippen LogP contribution in [0.15, 0.2) is 29.9 Å². The molecule has 0 saturated heterocycles. The van der Waals surface area contributed by atoms with Gasteiger partial charge in [0.2, 0.25) is 0 Å². The Bertz CT molecular complexity index is 169. The van der Waals surface area contributed by atoms with E-state index in [1.54, 1.807) is 18.0 Å². The number of aromatic amines is 1. The van der Waals surface area contributed by atoms with Crippen molar-refractivity contribution in [1.82, 2.24) is 10.2 Å². The van der Waals surface area contributed by atoms with Crippen molar-refractivity contribution in [2.24, 2.45) is 0 Å². The van der Waals surface area contributed by atoms with Crippen molar-refractivity contribution in [3.8, 4) is 0 Å². The van der Waals surface area contributed by atoms with E-state index in [9.17, 15) is 0 Å². The fourth-order valence-corrected chi connectivity index (χ4v) is 1.04. The van der Waals surface area contributed by atoms with E-state index in [4.69, 9.17) is 0 Å². The Labute approximate surface area is 58.4 Å². The van der Waals surface area contributed by atoms with Crippen molar-refractivity contribution < 1.29 is 0 Å². The van der Waals surface area contributed by atoms with Crippen LogP contribution in [0.25, 0.3) is 0 Å². The molecule has 1 N–H and O–H groups in total. The van der Waals surface area contributed by atoms with Crippen LogP contribution in [0.1, 0.15) is 0 Å². The van der Waals surface area contributed by atoms with E-state index in [1.165, 1.54) is 0 Å². The summed E-state index contributed by atoms with van der Waals surface area (Å²) in [6, 6.07) is 1.94.